The van der Waals surface area contributed by atoms with Gasteiger partial charge >= 0.3 is 0 Å². The van der Waals surface area contributed by atoms with Crippen LogP contribution in [0, 0.1) is 0 Å². The second kappa shape index (κ2) is 7.11. The molecule has 0 saturated carbocycles. The molecule has 0 aliphatic carbocycles. The molecule has 1 aromatic heterocycles. The number of ether oxygens (including phenoxy) is 1. The number of nitrogens with one attached hydrogen (secondary N) is 1. The first-order chi connectivity index (χ1) is 12.3. The van der Waals surface area contributed by atoms with Crippen LogP contribution in [0.3, 0.4) is 0 Å². The molecule has 25 heavy (non-hydrogen) atoms. The third-order valence-corrected chi connectivity index (χ3v) is 4.75. The highest BCUT2D eigenvalue weighted by Crippen LogP contribution is 2.28. The Kier molecular flexibility index (Phi) is 4.52. The van der Waals surface area contributed by atoms with Crippen LogP contribution in [0.1, 0.15) is 11.6 Å². The highest BCUT2D eigenvalue weighted by Gasteiger charge is 2.31. The first-order valence-corrected chi connectivity index (χ1v) is 8.73. The monoisotopic (exact) mass is 338 g/mol. The summed E-state index contributed by atoms with van der Waals surface area (Å²) in [4.78, 5) is 21.7. The number of para-hydroxylation sites is 1. The first-order valence-electron chi connectivity index (χ1n) is 8.73. The average molecular weight is 338 g/mol. The molecule has 0 radical (unpaired) electrons. The van der Waals surface area contributed by atoms with Crippen molar-refractivity contribution in [1.29, 1.82) is 0 Å². The maximum absolute atomic E-state index is 13.1. The van der Waals surface area contributed by atoms with Crippen molar-refractivity contribution in [2.24, 2.45) is 0 Å². The van der Waals surface area contributed by atoms with Crippen LogP contribution in [0.15, 0.2) is 48.7 Å². The Hall–Kier alpha value is -2.60. The first kappa shape index (κ1) is 15.9. The Labute approximate surface area is 147 Å². The number of aromatic nitrogens is 1. The maximum atomic E-state index is 13.1. The molecule has 1 amide bonds. The van der Waals surface area contributed by atoms with Crippen molar-refractivity contribution in [3.63, 3.8) is 0 Å². The van der Waals surface area contributed by atoms with Crippen molar-refractivity contribution >= 4 is 11.7 Å². The van der Waals surface area contributed by atoms with Crippen LogP contribution in [0.2, 0.25) is 0 Å². The number of hydrogen-bond donors (Lipinski definition) is 1. The maximum Gasteiger partial charge on any atom is 0.244 e. The Morgan fingerprint density at radius 2 is 1.88 bits per heavy atom. The van der Waals surface area contributed by atoms with Gasteiger partial charge in [0.2, 0.25) is 5.91 Å². The van der Waals surface area contributed by atoms with Gasteiger partial charge in [-0.3, -0.25) is 10.1 Å². The summed E-state index contributed by atoms with van der Waals surface area (Å²) in [6, 6.07) is 13.4. The fraction of sp³-hybridized carbons (Fsp3) is 0.368. The van der Waals surface area contributed by atoms with Crippen LogP contribution in [0.5, 0.6) is 5.75 Å². The third kappa shape index (κ3) is 3.30. The van der Waals surface area contributed by atoms with E-state index in [4.69, 9.17) is 4.74 Å². The smallest absolute Gasteiger partial charge is 0.244 e. The second-order valence-electron chi connectivity index (χ2n) is 6.27. The fourth-order valence-corrected chi connectivity index (χ4v) is 3.42. The normalized spacial score (nSPS) is 20.4. The van der Waals surface area contributed by atoms with Gasteiger partial charge in [0.25, 0.3) is 0 Å². The molecule has 2 aliphatic heterocycles. The van der Waals surface area contributed by atoms with Gasteiger partial charge in [-0.15, -0.1) is 0 Å². The Morgan fingerprint density at radius 3 is 2.68 bits per heavy atom. The van der Waals surface area contributed by atoms with Crippen LogP contribution >= 0.6 is 0 Å². The van der Waals surface area contributed by atoms with Crippen molar-refractivity contribution in [2.75, 3.05) is 44.2 Å². The summed E-state index contributed by atoms with van der Waals surface area (Å²) >= 11 is 0. The zero-order valence-corrected chi connectivity index (χ0v) is 14.1. The summed E-state index contributed by atoms with van der Waals surface area (Å²) in [7, 11) is 0. The van der Waals surface area contributed by atoms with E-state index in [1.54, 1.807) is 6.20 Å². The molecular formula is C19H22N4O2. The zero-order chi connectivity index (χ0) is 17.1. The molecule has 6 nitrogen and oxygen atoms in total. The van der Waals surface area contributed by atoms with Gasteiger partial charge in [-0.25, -0.2) is 4.98 Å². The second-order valence-corrected chi connectivity index (χ2v) is 6.27. The summed E-state index contributed by atoms with van der Waals surface area (Å²) in [5.74, 6) is 1.90. The molecule has 4 rings (SSSR count). The van der Waals surface area contributed by atoms with E-state index in [9.17, 15) is 4.79 Å². The van der Waals surface area contributed by atoms with Crippen LogP contribution in [-0.2, 0) is 4.79 Å². The van der Waals surface area contributed by atoms with E-state index in [1.807, 2.05) is 47.4 Å². The van der Waals surface area contributed by atoms with Crippen molar-refractivity contribution < 1.29 is 9.53 Å². The van der Waals surface area contributed by atoms with Crippen molar-refractivity contribution in [3.8, 4) is 5.75 Å². The van der Waals surface area contributed by atoms with Crippen LogP contribution in [0.4, 0.5) is 5.82 Å². The number of rotatable bonds is 2. The Balaban J connectivity index is 1.46. The minimum atomic E-state index is -0.333. The third-order valence-electron chi connectivity index (χ3n) is 4.75. The largest absolute Gasteiger partial charge is 0.492 e. The molecule has 1 saturated heterocycles. The average Bonchev–Trinajstić information content (AvgIpc) is 2.91. The number of piperazine rings is 1. The lowest BCUT2D eigenvalue weighted by molar-refractivity contribution is -0.133. The molecule has 3 heterocycles. The van der Waals surface area contributed by atoms with E-state index in [2.05, 4.69) is 15.2 Å². The summed E-state index contributed by atoms with van der Waals surface area (Å²) in [5, 5.41) is 3.34. The van der Waals surface area contributed by atoms with E-state index in [1.165, 1.54) is 0 Å². The summed E-state index contributed by atoms with van der Waals surface area (Å²) in [5.41, 5.74) is 0.928. The van der Waals surface area contributed by atoms with Crippen molar-refractivity contribution in [3.05, 3.63) is 54.2 Å². The highest BCUT2D eigenvalue weighted by molar-refractivity contribution is 5.84. The van der Waals surface area contributed by atoms with Gasteiger partial charge < -0.3 is 14.5 Å². The van der Waals surface area contributed by atoms with E-state index in [-0.39, 0.29) is 11.9 Å². The molecule has 0 bridgehead atoms. The predicted octanol–water partition coefficient (Wildman–Crippen LogP) is 1.45. The lowest BCUT2D eigenvalue weighted by Crippen LogP contribution is -2.51. The standard InChI is InChI=1S/C19H22N4O2/c24-19(18-15-5-1-2-6-16(15)25-14-9-21-18)23-12-10-22(11-13-23)17-7-3-4-8-20-17/h1-8,18,21H,9-14H2. The summed E-state index contributed by atoms with van der Waals surface area (Å²) in [6.07, 6.45) is 1.80. The van der Waals surface area contributed by atoms with Crippen molar-refractivity contribution in [1.82, 2.24) is 15.2 Å². The quantitative estimate of drug-likeness (QED) is 0.898. The van der Waals surface area contributed by atoms with Crippen LogP contribution < -0.4 is 15.0 Å². The summed E-state index contributed by atoms with van der Waals surface area (Å²) < 4.78 is 5.74. The SMILES string of the molecule is O=C(C1NCCOc2ccccc21)N1CCN(c2ccccn2)CC1. The lowest BCUT2D eigenvalue weighted by atomic mass is 10.0. The Morgan fingerprint density at radius 1 is 1.08 bits per heavy atom. The Bertz CT molecular complexity index is 729. The predicted molar refractivity (Wildman–Crippen MR) is 95.7 cm³/mol. The molecule has 2 aliphatic rings. The highest BCUT2D eigenvalue weighted by atomic mass is 16.5. The minimum Gasteiger partial charge on any atom is -0.492 e. The van der Waals surface area contributed by atoms with E-state index in [0.717, 1.165) is 30.2 Å². The van der Waals surface area contributed by atoms with Gasteiger partial charge in [-0.05, 0) is 18.2 Å². The lowest BCUT2D eigenvalue weighted by Gasteiger charge is -2.37. The van der Waals surface area contributed by atoms with E-state index < -0.39 is 0 Å². The van der Waals surface area contributed by atoms with Crippen LogP contribution in [0.25, 0.3) is 0 Å². The summed E-state index contributed by atoms with van der Waals surface area (Å²) in [6.45, 7) is 4.25. The molecule has 130 valence electrons. The molecule has 6 heteroatoms. The number of carbonyl (C=O) groups excluding carboxylic acids is 1. The molecule has 1 atom stereocenters. The van der Waals surface area contributed by atoms with Gasteiger partial charge in [-0.2, -0.15) is 0 Å². The molecule has 1 aromatic carbocycles. The minimum absolute atomic E-state index is 0.124. The number of hydrogen-bond acceptors (Lipinski definition) is 5. The zero-order valence-electron chi connectivity index (χ0n) is 14.1. The fourth-order valence-electron chi connectivity index (χ4n) is 3.42. The van der Waals surface area contributed by atoms with Gasteiger partial charge in [-0.1, -0.05) is 24.3 Å². The molecule has 2 aromatic rings. The number of carbonyl (C=O) groups is 1. The number of pyridine rings is 1. The van der Waals surface area contributed by atoms with Gasteiger partial charge in [0.15, 0.2) is 0 Å². The van der Waals surface area contributed by atoms with Crippen molar-refractivity contribution in [2.45, 2.75) is 6.04 Å². The number of amides is 1. The molecule has 1 fully saturated rings. The number of anilines is 1. The number of benzene rings is 1. The van der Waals surface area contributed by atoms with Gasteiger partial charge in [0, 0.05) is 44.5 Å². The van der Waals surface area contributed by atoms with Crippen LogP contribution in [-0.4, -0.2) is 55.1 Å². The topological polar surface area (TPSA) is 57.7 Å². The van der Waals surface area contributed by atoms with Gasteiger partial charge in [0.05, 0.1) is 0 Å². The molecule has 1 N–H and O–H groups in total. The molecule has 1 unspecified atom stereocenters. The number of nitrogens with zero attached hydrogens (tertiary/aromatic N) is 3. The van der Waals surface area contributed by atoms with E-state index in [0.29, 0.717) is 26.2 Å². The van der Waals surface area contributed by atoms with E-state index >= 15 is 0 Å². The molecular weight excluding hydrogens is 316 g/mol. The number of fused-ring (bicyclic) bond motifs is 1. The molecule has 0 spiro atoms. The van der Waals surface area contributed by atoms with Gasteiger partial charge in [0.1, 0.15) is 24.2 Å².